The molecule has 2 heterocycles. The van der Waals surface area contributed by atoms with Crippen LogP contribution in [0.4, 0.5) is 5.00 Å². The lowest BCUT2D eigenvalue weighted by Gasteiger charge is -2.36. The minimum Gasteiger partial charge on any atom is -0.465 e. The molecule has 0 aliphatic heterocycles. The highest BCUT2D eigenvalue weighted by molar-refractivity contribution is 7.17. The third-order valence-corrected chi connectivity index (χ3v) is 10.2. The summed E-state index contributed by atoms with van der Waals surface area (Å²) in [5, 5.41) is 5.32. The molecule has 2 aromatic carbocycles. The van der Waals surface area contributed by atoms with Crippen LogP contribution in [0.2, 0.25) is 10.0 Å². The highest BCUT2D eigenvalue weighted by Crippen LogP contribution is 2.46. The summed E-state index contributed by atoms with van der Waals surface area (Å²) in [6, 6.07) is 12.8. The number of para-hydroxylation sites is 1. The first-order valence-electron chi connectivity index (χ1n) is 13.4. The SMILES string of the molecule is CCC(C)(C)[C@H]1CCc2c(sc(NC(=O)c3c(C)c(-c4ccc(Cl)cc4Cl)nc4ccccc34)c2C(=O)OC)C1. The van der Waals surface area contributed by atoms with E-state index in [1.54, 1.807) is 12.1 Å². The van der Waals surface area contributed by atoms with E-state index < -0.39 is 5.97 Å². The molecule has 1 atom stereocenters. The zero-order chi connectivity index (χ0) is 28.8. The van der Waals surface area contributed by atoms with Gasteiger partial charge in [-0.2, -0.15) is 0 Å². The van der Waals surface area contributed by atoms with E-state index in [1.165, 1.54) is 18.4 Å². The molecule has 0 saturated carbocycles. The van der Waals surface area contributed by atoms with Crippen molar-refractivity contribution in [3.05, 3.63) is 79.6 Å². The van der Waals surface area contributed by atoms with Gasteiger partial charge in [-0.05, 0) is 72.9 Å². The van der Waals surface area contributed by atoms with E-state index in [4.69, 9.17) is 32.9 Å². The Bertz CT molecular complexity index is 1640. The summed E-state index contributed by atoms with van der Waals surface area (Å²) < 4.78 is 5.18. The minimum absolute atomic E-state index is 0.197. The van der Waals surface area contributed by atoms with Gasteiger partial charge >= 0.3 is 5.97 Å². The number of carbonyl (C=O) groups is 2. The maximum atomic E-state index is 14.1. The molecule has 1 N–H and O–H groups in total. The Morgan fingerprint density at radius 1 is 1.15 bits per heavy atom. The van der Waals surface area contributed by atoms with Gasteiger partial charge in [-0.15, -0.1) is 11.3 Å². The number of rotatable bonds is 6. The number of thiophene rings is 1. The molecule has 8 heteroatoms. The van der Waals surface area contributed by atoms with Gasteiger partial charge in [0, 0.05) is 20.8 Å². The number of halogens is 2. The second kappa shape index (κ2) is 11.2. The largest absolute Gasteiger partial charge is 0.465 e. The number of aromatic nitrogens is 1. The number of methoxy groups -OCH3 is 1. The van der Waals surface area contributed by atoms with Crippen molar-refractivity contribution in [2.45, 2.75) is 53.4 Å². The fraction of sp³-hybridized carbons (Fsp3) is 0.344. The molecule has 0 saturated heterocycles. The van der Waals surface area contributed by atoms with Gasteiger partial charge in [0.1, 0.15) is 5.00 Å². The molecule has 5 rings (SSSR count). The van der Waals surface area contributed by atoms with E-state index in [0.29, 0.717) is 54.4 Å². The summed E-state index contributed by atoms with van der Waals surface area (Å²) >= 11 is 14.2. The quantitative estimate of drug-likeness (QED) is 0.226. The van der Waals surface area contributed by atoms with Crippen LogP contribution in [-0.4, -0.2) is 24.0 Å². The number of hydrogen-bond donors (Lipinski definition) is 1. The first kappa shape index (κ1) is 28.6. The van der Waals surface area contributed by atoms with Crippen molar-refractivity contribution in [2.24, 2.45) is 11.3 Å². The molecule has 1 aliphatic carbocycles. The predicted molar refractivity (Wildman–Crippen MR) is 165 cm³/mol. The van der Waals surface area contributed by atoms with Gasteiger partial charge in [0.2, 0.25) is 0 Å². The zero-order valence-electron chi connectivity index (χ0n) is 23.3. The molecule has 2 aromatic heterocycles. The number of ether oxygens (including phenoxy) is 1. The molecular weight excluding hydrogens is 563 g/mol. The lowest BCUT2D eigenvalue weighted by atomic mass is 9.69. The number of fused-ring (bicyclic) bond motifs is 2. The first-order valence-corrected chi connectivity index (χ1v) is 15.0. The third-order valence-electron chi connectivity index (χ3n) is 8.45. The van der Waals surface area contributed by atoms with Crippen molar-refractivity contribution in [1.82, 2.24) is 4.98 Å². The number of pyridine rings is 1. The van der Waals surface area contributed by atoms with Crippen LogP contribution in [0.15, 0.2) is 42.5 Å². The van der Waals surface area contributed by atoms with Gasteiger partial charge in [0.05, 0.1) is 34.5 Å². The number of anilines is 1. The van der Waals surface area contributed by atoms with E-state index in [0.717, 1.165) is 41.5 Å². The van der Waals surface area contributed by atoms with Crippen molar-refractivity contribution in [3.63, 3.8) is 0 Å². The molecule has 0 radical (unpaired) electrons. The standard InChI is InChI=1S/C32H32Cl2N2O3S/c1-6-32(3,4)18-11-13-22-25(15-18)40-30(27(22)31(38)39-5)36-29(37)26-17(2)28(20-14-12-19(33)16-23(20)34)35-24-10-8-7-9-21(24)26/h7-10,12,14,16,18H,6,11,13,15H2,1-5H3,(H,36,37)/t18-/m0/s1. The minimum atomic E-state index is -0.425. The summed E-state index contributed by atoms with van der Waals surface area (Å²) in [6.45, 7) is 8.71. The van der Waals surface area contributed by atoms with Crippen molar-refractivity contribution in [1.29, 1.82) is 0 Å². The van der Waals surface area contributed by atoms with Gasteiger partial charge in [-0.1, -0.05) is 68.6 Å². The Kier molecular flexibility index (Phi) is 7.97. The van der Waals surface area contributed by atoms with Crippen LogP contribution in [0.1, 0.15) is 70.3 Å². The maximum Gasteiger partial charge on any atom is 0.341 e. The van der Waals surface area contributed by atoms with E-state index in [2.05, 4.69) is 26.1 Å². The highest BCUT2D eigenvalue weighted by atomic mass is 35.5. The smallest absolute Gasteiger partial charge is 0.341 e. The normalized spacial score (nSPS) is 15.1. The molecule has 1 amide bonds. The Morgan fingerprint density at radius 3 is 2.60 bits per heavy atom. The number of benzene rings is 2. The van der Waals surface area contributed by atoms with E-state index in [9.17, 15) is 9.59 Å². The zero-order valence-corrected chi connectivity index (χ0v) is 25.6. The van der Waals surface area contributed by atoms with E-state index in [-0.39, 0.29) is 11.3 Å². The van der Waals surface area contributed by atoms with Crippen LogP contribution in [0.25, 0.3) is 22.2 Å². The summed E-state index contributed by atoms with van der Waals surface area (Å²) in [5.74, 6) is -0.224. The fourth-order valence-electron chi connectivity index (χ4n) is 5.66. The van der Waals surface area contributed by atoms with Crippen molar-refractivity contribution >= 4 is 62.3 Å². The second-order valence-electron chi connectivity index (χ2n) is 11.0. The molecule has 1 aliphatic rings. The van der Waals surface area contributed by atoms with Crippen LogP contribution >= 0.6 is 34.5 Å². The first-order chi connectivity index (χ1) is 19.1. The van der Waals surface area contributed by atoms with Crippen LogP contribution in [0.3, 0.4) is 0 Å². The topological polar surface area (TPSA) is 68.3 Å². The number of nitrogens with one attached hydrogen (secondary N) is 1. The Labute approximate surface area is 248 Å². The highest BCUT2D eigenvalue weighted by Gasteiger charge is 2.36. The van der Waals surface area contributed by atoms with Gasteiger partial charge in [0.15, 0.2) is 0 Å². The van der Waals surface area contributed by atoms with Crippen molar-refractivity contribution in [3.8, 4) is 11.3 Å². The Hall–Kier alpha value is -2.93. The lowest BCUT2D eigenvalue weighted by Crippen LogP contribution is -2.28. The average Bonchev–Trinajstić information content (AvgIpc) is 3.29. The van der Waals surface area contributed by atoms with E-state index in [1.807, 2.05) is 37.3 Å². The molecule has 5 nitrogen and oxygen atoms in total. The number of hydrogen-bond acceptors (Lipinski definition) is 5. The lowest BCUT2D eigenvalue weighted by molar-refractivity contribution is 0.0600. The summed E-state index contributed by atoms with van der Waals surface area (Å²) in [4.78, 5) is 33.1. The molecule has 0 bridgehead atoms. The van der Waals surface area contributed by atoms with Crippen LogP contribution in [-0.2, 0) is 17.6 Å². The van der Waals surface area contributed by atoms with Gasteiger partial charge in [-0.25, -0.2) is 9.78 Å². The predicted octanol–water partition coefficient (Wildman–Crippen LogP) is 9.16. The van der Waals surface area contributed by atoms with Crippen molar-refractivity contribution < 1.29 is 14.3 Å². The monoisotopic (exact) mass is 594 g/mol. The molecule has 208 valence electrons. The van der Waals surface area contributed by atoms with Crippen LogP contribution in [0.5, 0.6) is 0 Å². The number of esters is 1. The molecule has 40 heavy (non-hydrogen) atoms. The Balaban J connectivity index is 1.60. The summed E-state index contributed by atoms with van der Waals surface area (Å²) in [5.41, 5.74) is 4.81. The Morgan fingerprint density at radius 2 is 1.90 bits per heavy atom. The number of nitrogens with zero attached hydrogens (tertiary/aromatic N) is 1. The van der Waals surface area contributed by atoms with Gasteiger partial charge < -0.3 is 10.1 Å². The maximum absolute atomic E-state index is 14.1. The third kappa shape index (κ3) is 5.13. The summed E-state index contributed by atoms with van der Waals surface area (Å²) in [6.07, 6.45) is 3.76. The van der Waals surface area contributed by atoms with Gasteiger partial charge in [-0.3, -0.25) is 4.79 Å². The fourth-order valence-corrected chi connectivity index (χ4v) is 7.47. The molecule has 4 aromatic rings. The van der Waals surface area contributed by atoms with Crippen LogP contribution < -0.4 is 5.32 Å². The molecule has 0 unspecified atom stereocenters. The van der Waals surface area contributed by atoms with Crippen molar-refractivity contribution in [2.75, 3.05) is 12.4 Å². The molecule has 0 fully saturated rings. The van der Waals surface area contributed by atoms with E-state index >= 15 is 0 Å². The number of amides is 1. The van der Waals surface area contributed by atoms with Gasteiger partial charge in [0.25, 0.3) is 5.91 Å². The molecular formula is C32H32Cl2N2O3S. The summed E-state index contributed by atoms with van der Waals surface area (Å²) in [7, 11) is 1.38. The second-order valence-corrected chi connectivity index (χ2v) is 13.0. The van der Waals surface area contributed by atoms with Crippen LogP contribution in [0, 0.1) is 18.3 Å². The number of carbonyl (C=O) groups excluding carboxylic acids is 2. The average molecular weight is 596 g/mol. The molecule has 0 spiro atoms.